The fourth-order valence-corrected chi connectivity index (χ4v) is 1.65. The van der Waals surface area contributed by atoms with Crippen LogP contribution in [0.15, 0.2) is 18.3 Å². The van der Waals surface area contributed by atoms with Gasteiger partial charge in [0.1, 0.15) is 0 Å². The second-order valence-electron chi connectivity index (χ2n) is 4.89. The monoisotopic (exact) mass is 235 g/mol. The maximum absolute atomic E-state index is 12.3. The Labute approximate surface area is 103 Å². The molecule has 0 spiro atoms. The normalized spacial score (nSPS) is 10.9. The van der Waals surface area contributed by atoms with Gasteiger partial charge in [-0.05, 0) is 31.9 Å². The van der Waals surface area contributed by atoms with Crippen molar-refractivity contribution in [2.24, 2.45) is 5.92 Å². The van der Waals surface area contributed by atoms with Crippen LogP contribution in [0.1, 0.15) is 38.2 Å². The summed E-state index contributed by atoms with van der Waals surface area (Å²) >= 11 is 0. The Kier molecular flexibility index (Phi) is 4.49. The first kappa shape index (κ1) is 13.5. The second-order valence-corrected chi connectivity index (χ2v) is 4.89. The van der Waals surface area contributed by atoms with Gasteiger partial charge in [0.25, 0.3) is 5.91 Å². The van der Waals surface area contributed by atoms with Gasteiger partial charge in [-0.3, -0.25) is 4.79 Å². The molecule has 0 aliphatic carbocycles. The van der Waals surface area contributed by atoms with Crippen molar-refractivity contribution in [2.45, 2.75) is 33.7 Å². The molecule has 1 heterocycles. The van der Waals surface area contributed by atoms with Gasteiger partial charge in [-0.1, -0.05) is 13.8 Å². The molecule has 4 heteroatoms. The molecular formula is C13H21N3O. The smallest absolute Gasteiger partial charge is 0.274 e. The molecule has 0 aromatic carbocycles. The molecule has 0 saturated carbocycles. The van der Waals surface area contributed by atoms with Crippen LogP contribution in [0.5, 0.6) is 0 Å². The molecule has 0 atom stereocenters. The van der Waals surface area contributed by atoms with E-state index in [1.807, 2.05) is 18.7 Å². The van der Waals surface area contributed by atoms with E-state index >= 15 is 0 Å². The van der Waals surface area contributed by atoms with Gasteiger partial charge in [-0.2, -0.15) is 0 Å². The van der Waals surface area contributed by atoms with E-state index in [4.69, 9.17) is 5.73 Å². The Bertz CT molecular complexity index is 388. The van der Waals surface area contributed by atoms with Gasteiger partial charge in [0, 0.05) is 18.8 Å². The molecular weight excluding hydrogens is 214 g/mol. The van der Waals surface area contributed by atoms with Crippen LogP contribution < -0.4 is 5.73 Å². The van der Waals surface area contributed by atoms with Gasteiger partial charge in [-0.25, -0.2) is 4.98 Å². The average molecular weight is 235 g/mol. The summed E-state index contributed by atoms with van der Waals surface area (Å²) in [4.78, 5) is 18.2. The second kappa shape index (κ2) is 5.66. The number of hydrogen-bond donors (Lipinski definition) is 1. The molecule has 0 saturated heterocycles. The lowest BCUT2D eigenvalue weighted by Crippen LogP contribution is -2.40. The summed E-state index contributed by atoms with van der Waals surface area (Å²) in [5.74, 6) is 0.332. The fourth-order valence-electron chi connectivity index (χ4n) is 1.65. The van der Waals surface area contributed by atoms with Crippen LogP contribution in [0.2, 0.25) is 0 Å². The van der Waals surface area contributed by atoms with Crippen molar-refractivity contribution < 1.29 is 4.79 Å². The van der Waals surface area contributed by atoms with Gasteiger partial charge in [0.05, 0.1) is 5.69 Å². The highest BCUT2D eigenvalue weighted by molar-refractivity contribution is 5.97. The zero-order valence-corrected chi connectivity index (χ0v) is 11.0. The van der Waals surface area contributed by atoms with Crippen LogP contribution in [0, 0.1) is 5.92 Å². The van der Waals surface area contributed by atoms with Crippen molar-refractivity contribution in [3.05, 3.63) is 24.0 Å². The Hall–Kier alpha value is -1.58. The summed E-state index contributed by atoms with van der Waals surface area (Å²) in [6.45, 7) is 8.89. The lowest BCUT2D eigenvalue weighted by Gasteiger charge is -2.28. The molecule has 0 fully saturated rings. The minimum Gasteiger partial charge on any atom is -0.397 e. The number of hydrogen-bond acceptors (Lipinski definition) is 3. The van der Waals surface area contributed by atoms with E-state index in [0.717, 1.165) is 0 Å². The van der Waals surface area contributed by atoms with Crippen molar-refractivity contribution in [3.8, 4) is 0 Å². The summed E-state index contributed by atoms with van der Waals surface area (Å²) in [6.07, 6.45) is 1.59. The maximum atomic E-state index is 12.3. The number of carbonyl (C=O) groups is 1. The van der Waals surface area contributed by atoms with Crippen LogP contribution >= 0.6 is 0 Å². The number of nitrogen functional groups attached to an aromatic ring is 1. The van der Waals surface area contributed by atoms with Crippen molar-refractivity contribution in [2.75, 3.05) is 12.3 Å². The zero-order valence-electron chi connectivity index (χ0n) is 11.0. The predicted molar refractivity (Wildman–Crippen MR) is 69.7 cm³/mol. The molecule has 0 radical (unpaired) electrons. The third-order valence-electron chi connectivity index (χ3n) is 2.49. The topological polar surface area (TPSA) is 59.2 Å². The van der Waals surface area contributed by atoms with Gasteiger partial charge in [0.2, 0.25) is 0 Å². The largest absolute Gasteiger partial charge is 0.397 e. The Balaban J connectivity index is 2.96. The Morgan fingerprint density at radius 3 is 2.53 bits per heavy atom. The molecule has 1 rings (SSSR count). The van der Waals surface area contributed by atoms with Crippen molar-refractivity contribution in [1.82, 2.24) is 9.88 Å². The molecule has 0 unspecified atom stereocenters. The maximum Gasteiger partial charge on any atom is 0.274 e. The molecule has 2 N–H and O–H groups in total. The lowest BCUT2D eigenvalue weighted by molar-refractivity contribution is 0.0677. The summed E-state index contributed by atoms with van der Waals surface area (Å²) in [5.41, 5.74) is 6.57. The van der Waals surface area contributed by atoms with Crippen molar-refractivity contribution >= 4 is 11.6 Å². The summed E-state index contributed by atoms with van der Waals surface area (Å²) in [7, 11) is 0. The standard InChI is InChI=1S/C13H21N3O/c1-9(2)8-16(10(3)4)13(17)12-11(14)6-5-7-15-12/h5-7,9-10H,8,14H2,1-4H3. The predicted octanol–water partition coefficient (Wildman–Crippen LogP) is 2.17. The zero-order chi connectivity index (χ0) is 13.0. The third-order valence-corrected chi connectivity index (χ3v) is 2.49. The van der Waals surface area contributed by atoms with E-state index in [2.05, 4.69) is 18.8 Å². The fraction of sp³-hybridized carbons (Fsp3) is 0.538. The minimum absolute atomic E-state index is 0.0909. The van der Waals surface area contributed by atoms with Crippen LogP contribution in [-0.4, -0.2) is 28.4 Å². The highest BCUT2D eigenvalue weighted by Crippen LogP contribution is 2.14. The van der Waals surface area contributed by atoms with E-state index in [1.165, 1.54) is 0 Å². The van der Waals surface area contributed by atoms with Gasteiger partial charge >= 0.3 is 0 Å². The number of anilines is 1. The number of rotatable bonds is 4. The van der Waals surface area contributed by atoms with Crippen molar-refractivity contribution in [3.63, 3.8) is 0 Å². The van der Waals surface area contributed by atoms with Crippen LogP contribution in [0.25, 0.3) is 0 Å². The number of amides is 1. The molecule has 94 valence electrons. The summed E-state index contributed by atoms with van der Waals surface area (Å²) < 4.78 is 0. The molecule has 1 amide bonds. The molecule has 0 aliphatic rings. The quantitative estimate of drug-likeness (QED) is 0.870. The van der Waals surface area contributed by atoms with Gasteiger partial charge in [-0.15, -0.1) is 0 Å². The number of carbonyl (C=O) groups excluding carboxylic acids is 1. The number of aromatic nitrogens is 1. The Morgan fingerprint density at radius 1 is 1.41 bits per heavy atom. The molecule has 1 aromatic heterocycles. The van der Waals surface area contributed by atoms with E-state index in [9.17, 15) is 4.79 Å². The Morgan fingerprint density at radius 2 is 2.06 bits per heavy atom. The molecule has 0 bridgehead atoms. The van der Waals surface area contributed by atoms with Crippen LogP contribution in [-0.2, 0) is 0 Å². The van der Waals surface area contributed by atoms with Crippen LogP contribution in [0.3, 0.4) is 0 Å². The molecule has 1 aromatic rings. The number of nitrogens with two attached hydrogens (primary N) is 1. The highest BCUT2D eigenvalue weighted by atomic mass is 16.2. The van der Waals surface area contributed by atoms with Crippen molar-refractivity contribution in [1.29, 1.82) is 0 Å². The first-order valence-corrected chi connectivity index (χ1v) is 5.95. The van der Waals surface area contributed by atoms with Crippen LogP contribution in [0.4, 0.5) is 5.69 Å². The van der Waals surface area contributed by atoms with E-state index in [0.29, 0.717) is 23.8 Å². The minimum atomic E-state index is -0.0909. The first-order valence-electron chi connectivity index (χ1n) is 5.95. The first-order chi connectivity index (χ1) is 7.93. The van der Waals surface area contributed by atoms with E-state index in [-0.39, 0.29) is 11.9 Å². The third kappa shape index (κ3) is 3.44. The average Bonchev–Trinajstić information content (AvgIpc) is 2.25. The van der Waals surface area contributed by atoms with E-state index in [1.54, 1.807) is 18.3 Å². The van der Waals surface area contributed by atoms with E-state index < -0.39 is 0 Å². The number of pyridine rings is 1. The molecule has 4 nitrogen and oxygen atoms in total. The SMILES string of the molecule is CC(C)CN(C(=O)c1ncccc1N)C(C)C. The molecule has 0 aliphatic heterocycles. The summed E-state index contributed by atoms with van der Waals surface area (Å²) in [5, 5.41) is 0. The summed E-state index contributed by atoms with van der Waals surface area (Å²) in [6, 6.07) is 3.58. The van der Waals surface area contributed by atoms with Gasteiger partial charge < -0.3 is 10.6 Å². The number of nitrogens with zero attached hydrogens (tertiary/aromatic N) is 2. The highest BCUT2D eigenvalue weighted by Gasteiger charge is 2.22. The van der Waals surface area contributed by atoms with Gasteiger partial charge in [0.15, 0.2) is 5.69 Å². The molecule has 17 heavy (non-hydrogen) atoms. The lowest BCUT2D eigenvalue weighted by atomic mass is 10.1.